The summed E-state index contributed by atoms with van der Waals surface area (Å²) in [6, 6.07) is 11.2. The zero-order valence-electron chi connectivity index (χ0n) is 11.0. The summed E-state index contributed by atoms with van der Waals surface area (Å²) >= 11 is 0. The molecule has 0 aromatic heterocycles. The predicted octanol–water partition coefficient (Wildman–Crippen LogP) is 3.12. The lowest BCUT2D eigenvalue weighted by molar-refractivity contribution is -0.385. The van der Waals surface area contributed by atoms with Gasteiger partial charge in [0.2, 0.25) is 0 Å². The van der Waals surface area contributed by atoms with Crippen molar-refractivity contribution < 1.29 is 9.85 Å². The van der Waals surface area contributed by atoms with Crippen molar-refractivity contribution in [3.05, 3.63) is 68.8 Å². The number of hydrazine groups is 1. The summed E-state index contributed by atoms with van der Waals surface area (Å²) < 4.78 is 0. The quantitative estimate of drug-likeness (QED) is 0.478. The van der Waals surface area contributed by atoms with Gasteiger partial charge in [0.25, 0.3) is 11.4 Å². The Bertz CT molecular complexity index is 699. The van der Waals surface area contributed by atoms with Crippen LogP contribution < -0.4 is 11.0 Å². The van der Waals surface area contributed by atoms with Gasteiger partial charge in [-0.3, -0.25) is 25.7 Å². The molecular formula is C12H10N6O4. The molecule has 10 heteroatoms. The Labute approximate surface area is 123 Å². The van der Waals surface area contributed by atoms with Gasteiger partial charge in [-0.25, -0.2) is 5.53 Å². The van der Waals surface area contributed by atoms with Crippen molar-refractivity contribution in [3.8, 4) is 0 Å². The third-order valence-electron chi connectivity index (χ3n) is 2.55. The van der Waals surface area contributed by atoms with Crippen molar-refractivity contribution in [1.29, 1.82) is 0 Å². The largest absolute Gasteiger partial charge is 0.284 e. The van der Waals surface area contributed by atoms with E-state index in [9.17, 15) is 20.2 Å². The zero-order valence-corrected chi connectivity index (χ0v) is 11.0. The Balaban J connectivity index is 1.87. The van der Waals surface area contributed by atoms with Crippen LogP contribution in [0.15, 0.2) is 58.9 Å². The predicted molar refractivity (Wildman–Crippen MR) is 77.5 cm³/mol. The fourth-order valence-electron chi connectivity index (χ4n) is 1.48. The lowest BCUT2D eigenvalue weighted by Gasteiger charge is -2.03. The summed E-state index contributed by atoms with van der Waals surface area (Å²) in [6.45, 7) is 0. The summed E-state index contributed by atoms with van der Waals surface area (Å²) in [5.74, 6) is 0. The van der Waals surface area contributed by atoms with Crippen LogP contribution in [-0.4, -0.2) is 9.85 Å². The fraction of sp³-hybridized carbons (Fsp3) is 0. The molecule has 10 nitrogen and oxygen atoms in total. The average molecular weight is 302 g/mol. The summed E-state index contributed by atoms with van der Waals surface area (Å²) in [5.41, 5.74) is 6.06. The maximum Gasteiger partial charge on any atom is 0.269 e. The van der Waals surface area contributed by atoms with Gasteiger partial charge in [-0.05, 0) is 24.3 Å². The molecule has 0 fully saturated rings. The molecule has 0 spiro atoms. The SMILES string of the molecule is O=[N+]([O-])c1ccc(N=NNNc2ccc([N+](=O)[O-])cc2)cc1. The Hall–Kier alpha value is -3.56. The van der Waals surface area contributed by atoms with Gasteiger partial charge >= 0.3 is 0 Å². The van der Waals surface area contributed by atoms with E-state index in [1.165, 1.54) is 48.5 Å². The van der Waals surface area contributed by atoms with Crippen LogP contribution in [0.5, 0.6) is 0 Å². The minimum absolute atomic E-state index is 0.0157. The molecule has 0 heterocycles. The lowest BCUT2D eigenvalue weighted by atomic mass is 10.3. The third-order valence-corrected chi connectivity index (χ3v) is 2.55. The first-order valence-electron chi connectivity index (χ1n) is 5.97. The highest BCUT2D eigenvalue weighted by atomic mass is 16.6. The van der Waals surface area contributed by atoms with Crippen LogP contribution in [0.3, 0.4) is 0 Å². The van der Waals surface area contributed by atoms with Gasteiger partial charge in [-0.1, -0.05) is 5.22 Å². The second kappa shape index (κ2) is 6.74. The van der Waals surface area contributed by atoms with Gasteiger partial charge in [0.1, 0.15) is 0 Å². The van der Waals surface area contributed by atoms with Crippen LogP contribution in [0.2, 0.25) is 0 Å². The van der Waals surface area contributed by atoms with E-state index >= 15 is 0 Å². The summed E-state index contributed by atoms with van der Waals surface area (Å²) in [5, 5.41) is 28.4. The van der Waals surface area contributed by atoms with E-state index in [-0.39, 0.29) is 11.4 Å². The summed E-state index contributed by atoms with van der Waals surface area (Å²) in [4.78, 5) is 20.0. The minimum Gasteiger partial charge on any atom is -0.284 e. The van der Waals surface area contributed by atoms with E-state index in [2.05, 4.69) is 21.3 Å². The first kappa shape index (κ1) is 14.8. The molecule has 2 rings (SSSR count). The topological polar surface area (TPSA) is 135 Å². The molecule has 112 valence electrons. The summed E-state index contributed by atoms with van der Waals surface area (Å²) in [7, 11) is 0. The normalized spacial score (nSPS) is 10.4. The van der Waals surface area contributed by atoms with E-state index in [1.54, 1.807) is 0 Å². The highest BCUT2D eigenvalue weighted by Crippen LogP contribution is 2.18. The number of nitrogens with one attached hydrogen (secondary N) is 2. The third kappa shape index (κ3) is 3.96. The lowest BCUT2D eigenvalue weighted by Crippen LogP contribution is -2.13. The molecule has 0 aliphatic carbocycles. The van der Waals surface area contributed by atoms with E-state index in [0.29, 0.717) is 11.4 Å². The van der Waals surface area contributed by atoms with Gasteiger partial charge in [-0.2, -0.15) is 0 Å². The molecule has 0 unspecified atom stereocenters. The maximum absolute atomic E-state index is 10.5. The monoisotopic (exact) mass is 302 g/mol. The van der Waals surface area contributed by atoms with Crippen LogP contribution in [0.25, 0.3) is 0 Å². The van der Waals surface area contributed by atoms with Crippen LogP contribution >= 0.6 is 0 Å². The standard InChI is InChI=1S/C12H10N6O4/c19-17(20)11-5-1-9(2-6-11)13-15-16-14-10-3-7-12(8-4-10)18(21)22/h1-8H,(H,13,16)(H,14,15). The highest BCUT2D eigenvalue weighted by molar-refractivity contribution is 5.47. The second-order valence-electron chi connectivity index (χ2n) is 4.01. The molecule has 0 atom stereocenters. The molecule has 2 aromatic carbocycles. The molecule has 2 N–H and O–H groups in total. The Morgan fingerprint density at radius 1 is 0.818 bits per heavy atom. The van der Waals surface area contributed by atoms with Gasteiger partial charge < -0.3 is 0 Å². The van der Waals surface area contributed by atoms with Crippen LogP contribution in [-0.2, 0) is 0 Å². The molecule has 0 radical (unpaired) electrons. The number of hydrogen-bond donors (Lipinski definition) is 2. The second-order valence-corrected chi connectivity index (χ2v) is 4.01. The van der Waals surface area contributed by atoms with Crippen molar-refractivity contribution in [1.82, 2.24) is 5.53 Å². The fourth-order valence-corrected chi connectivity index (χ4v) is 1.48. The van der Waals surface area contributed by atoms with E-state index in [1.807, 2.05) is 0 Å². The van der Waals surface area contributed by atoms with Gasteiger partial charge in [0.05, 0.1) is 21.2 Å². The molecule has 0 saturated heterocycles. The zero-order chi connectivity index (χ0) is 15.9. The van der Waals surface area contributed by atoms with E-state index in [4.69, 9.17) is 0 Å². The molecule has 2 aromatic rings. The minimum atomic E-state index is -0.505. The maximum atomic E-state index is 10.5. The van der Waals surface area contributed by atoms with Crippen LogP contribution in [0.1, 0.15) is 0 Å². The smallest absolute Gasteiger partial charge is 0.269 e. The van der Waals surface area contributed by atoms with Crippen molar-refractivity contribution in [2.45, 2.75) is 0 Å². The number of non-ortho nitro benzene ring substituents is 2. The number of anilines is 1. The molecular weight excluding hydrogens is 292 g/mol. The molecule has 0 saturated carbocycles. The first-order valence-corrected chi connectivity index (χ1v) is 5.97. The highest BCUT2D eigenvalue weighted by Gasteiger charge is 2.04. The number of nitro groups is 2. The van der Waals surface area contributed by atoms with Gasteiger partial charge in [0, 0.05) is 24.3 Å². The average Bonchev–Trinajstić information content (AvgIpc) is 2.52. The van der Waals surface area contributed by atoms with Crippen LogP contribution in [0.4, 0.5) is 22.7 Å². The summed E-state index contributed by atoms with van der Waals surface area (Å²) in [6.07, 6.45) is 0. The van der Waals surface area contributed by atoms with Crippen molar-refractivity contribution in [2.24, 2.45) is 10.3 Å². The Kier molecular flexibility index (Phi) is 4.55. The van der Waals surface area contributed by atoms with Crippen molar-refractivity contribution >= 4 is 22.7 Å². The molecule has 0 bridgehead atoms. The van der Waals surface area contributed by atoms with E-state index < -0.39 is 9.85 Å². The number of nitro benzene ring substituents is 2. The van der Waals surface area contributed by atoms with Gasteiger partial charge in [-0.15, -0.1) is 5.11 Å². The molecule has 0 amide bonds. The van der Waals surface area contributed by atoms with Gasteiger partial charge in [0.15, 0.2) is 0 Å². The van der Waals surface area contributed by atoms with E-state index in [0.717, 1.165) is 0 Å². The molecule has 0 aliphatic heterocycles. The molecule has 0 aliphatic rings. The number of hydrogen-bond acceptors (Lipinski definition) is 7. The first-order chi connectivity index (χ1) is 10.6. The number of rotatable bonds is 6. The Morgan fingerprint density at radius 3 is 1.82 bits per heavy atom. The Morgan fingerprint density at radius 2 is 1.32 bits per heavy atom. The number of benzene rings is 2. The number of nitrogens with zero attached hydrogens (tertiary/aromatic N) is 4. The van der Waals surface area contributed by atoms with Crippen molar-refractivity contribution in [3.63, 3.8) is 0 Å². The molecule has 22 heavy (non-hydrogen) atoms. The van der Waals surface area contributed by atoms with Crippen LogP contribution in [0, 0.1) is 20.2 Å². The van der Waals surface area contributed by atoms with Crippen molar-refractivity contribution in [2.75, 3.05) is 5.43 Å².